The van der Waals surface area contributed by atoms with Crippen molar-refractivity contribution in [2.24, 2.45) is 23.7 Å². The normalized spacial score (nSPS) is 24.5. The standard InChI is InChI=1S/2C24H33N5O3S/c2*1-4-6-16-7-8-18-22-21(23(31)26-9-5-11-27(2)3)17(15-30)19(13-29(18)24(16)32)28(22)14-20-25-10-12-33-20/h2*4,6-8,10,12,17,19,21-22,30H,5,9,11,13-15H2,1-3H3,(H,26,31)/b6-4+;6-4-/t2*17-,19-,21+,22+/m11/s1. The number of aliphatic hydroxyl groups excluding tert-OH is 2. The van der Waals surface area contributed by atoms with E-state index in [1.807, 2.05) is 111 Å². The van der Waals surface area contributed by atoms with Crippen LogP contribution in [0.1, 0.15) is 71.3 Å². The lowest BCUT2D eigenvalue weighted by Gasteiger charge is -2.37. The number of carbonyl (C=O) groups excluding carboxylic acids is 2. The predicted molar refractivity (Wildman–Crippen MR) is 260 cm³/mol. The molecule has 8 heterocycles. The van der Waals surface area contributed by atoms with Crippen LogP contribution >= 0.6 is 22.7 Å². The van der Waals surface area contributed by atoms with Gasteiger partial charge >= 0.3 is 0 Å². The summed E-state index contributed by atoms with van der Waals surface area (Å²) in [7, 11) is 8.04. The number of pyridine rings is 2. The van der Waals surface area contributed by atoms with E-state index in [4.69, 9.17) is 0 Å². The summed E-state index contributed by atoms with van der Waals surface area (Å²) < 4.78 is 3.62. The van der Waals surface area contributed by atoms with Crippen molar-refractivity contribution in [2.45, 2.75) is 77.0 Å². The van der Waals surface area contributed by atoms with Gasteiger partial charge in [-0.05, 0) is 92.2 Å². The maximum Gasteiger partial charge on any atom is 0.258 e. The van der Waals surface area contributed by atoms with Crippen molar-refractivity contribution in [1.29, 1.82) is 0 Å². The predicted octanol–water partition coefficient (Wildman–Crippen LogP) is 3.14. The Morgan fingerprint density at radius 1 is 0.697 bits per heavy atom. The molecule has 2 amide bonds. The van der Waals surface area contributed by atoms with Crippen LogP contribution in [-0.4, -0.2) is 140 Å². The summed E-state index contributed by atoms with van der Waals surface area (Å²) in [4.78, 5) is 70.9. The molecule has 0 spiro atoms. The van der Waals surface area contributed by atoms with Gasteiger partial charge in [0.1, 0.15) is 10.0 Å². The molecule has 66 heavy (non-hydrogen) atoms. The Hall–Kier alpha value is -4.66. The van der Waals surface area contributed by atoms with Crippen LogP contribution in [0.15, 0.2) is 69.2 Å². The SMILES string of the molecule is C/C=C/c1ccc2n(c1=O)C[C@@H]1[C@@H](CO)[C@H](C(=O)NCCCN(C)C)[C@H]2N1Cc1nccs1.C/C=C\c1ccc2n(c1=O)C[C@@H]1[C@@H](CO)[C@H](C(=O)NCCCN(C)C)[C@H]2N1Cc1nccs1. The lowest BCUT2D eigenvalue weighted by atomic mass is 9.86. The van der Waals surface area contributed by atoms with Gasteiger partial charge in [-0.3, -0.25) is 29.0 Å². The Labute approximate surface area is 395 Å². The van der Waals surface area contributed by atoms with Crippen LogP contribution in [0, 0.1) is 23.7 Å². The summed E-state index contributed by atoms with van der Waals surface area (Å²) in [6, 6.07) is 6.82. The molecule has 8 rings (SSSR count). The quantitative estimate of drug-likeness (QED) is 0.107. The number of carbonyl (C=O) groups is 2. The highest BCUT2D eigenvalue weighted by Gasteiger charge is 2.57. The molecule has 18 heteroatoms. The van der Waals surface area contributed by atoms with Gasteiger partial charge in [0, 0.05) is 109 Å². The Kier molecular flexibility index (Phi) is 16.7. The van der Waals surface area contributed by atoms with Crippen LogP contribution in [0.2, 0.25) is 0 Å². The molecule has 2 saturated heterocycles. The molecular formula is C48H66N10O6S2. The van der Waals surface area contributed by atoms with Gasteiger partial charge in [0.15, 0.2) is 0 Å². The minimum atomic E-state index is -0.431. The van der Waals surface area contributed by atoms with E-state index in [-0.39, 0.29) is 72.1 Å². The molecule has 4 aromatic rings. The largest absolute Gasteiger partial charge is 0.396 e. The third-order valence-electron chi connectivity index (χ3n) is 13.5. The summed E-state index contributed by atoms with van der Waals surface area (Å²) in [6.45, 7) is 8.64. The Balaban J connectivity index is 0.000000196. The van der Waals surface area contributed by atoms with Crippen LogP contribution in [0.5, 0.6) is 0 Å². The fourth-order valence-electron chi connectivity index (χ4n) is 10.6. The first kappa shape index (κ1) is 49.3. The Morgan fingerprint density at radius 3 is 1.44 bits per heavy atom. The highest BCUT2D eigenvalue weighted by Crippen LogP contribution is 2.50. The van der Waals surface area contributed by atoms with Crippen molar-refractivity contribution < 1.29 is 19.8 Å². The molecule has 4 bridgehead atoms. The second-order valence-electron chi connectivity index (χ2n) is 18.1. The third kappa shape index (κ3) is 10.4. The average Bonchev–Trinajstić information content (AvgIpc) is 4.09. The van der Waals surface area contributed by atoms with Gasteiger partial charge in [0.25, 0.3) is 11.1 Å². The summed E-state index contributed by atoms with van der Waals surface area (Å²) >= 11 is 3.16. The summed E-state index contributed by atoms with van der Waals surface area (Å²) in [5.41, 5.74) is 2.87. The second-order valence-corrected chi connectivity index (χ2v) is 20.1. The molecule has 0 radical (unpaired) electrons. The summed E-state index contributed by atoms with van der Waals surface area (Å²) in [5.74, 6) is -1.48. The Bertz CT molecular complexity index is 2270. The van der Waals surface area contributed by atoms with Gasteiger partial charge in [-0.15, -0.1) is 22.7 Å². The number of allylic oxidation sites excluding steroid dienone is 2. The number of aromatic nitrogens is 4. The van der Waals surface area contributed by atoms with Gasteiger partial charge in [0.05, 0.1) is 37.0 Å². The van der Waals surface area contributed by atoms with Crippen molar-refractivity contribution in [3.05, 3.63) is 113 Å². The molecule has 0 unspecified atom stereocenters. The van der Waals surface area contributed by atoms with Crippen LogP contribution in [0.3, 0.4) is 0 Å². The van der Waals surface area contributed by atoms with E-state index in [0.29, 0.717) is 50.4 Å². The monoisotopic (exact) mass is 942 g/mol. The van der Waals surface area contributed by atoms with Gasteiger partial charge in [-0.1, -0.05) is 24.3 Å². The summed E-state index contributed by atoms with van der Waals surface area (Å²) in [6.07, 6.45) is 12.6. The summed E-state index contributed by atoms with van der Waals surface area (Å²) in [5, 5.41) is 32.8. The van der Waals surface area contributed by atoms with E-state index in [1.54, 1.807) is 35.1 Å². The minimum Gasteiger partial charge on any atom is -0.396 e. The molecule has 356 valence electrons. The molecule has 4 aliphatic heterocycles. The van der Waals surface area contributed by atoms with Crippen molar-refractivity contribution in [3.63, 3.8) is 0 Å². The van der Waals surface area contributed by atoms with Gasteiger partial charge in [-0.2, -0.15) is 0 Å². The lowest BCUT2D eigenvalue weighted by Crippen LogP contribution is -2.46. The first-order chi connectivity index (χ1) is 31.9. The van der Waals surface area contributed by atoms with Gasteiger partial charge < -0.3 is 39.8 Å². The van der Waals surface area contributed by atoms with Crippen LogP contribution in [-0.2, 0) is 35.8 Å². The second kappa shape index (κ2) is 22.4. The first-order valence-corrected chi connectivity index (χ1v) is 24.8. The molecule has 16 nitrogen and oxygen atoms in total. The van der Waals surface area contributed by atoms with Crippen LogP contribution in [0.25, 0.3) is 12.2 Å². The zero-order valence-electron chi connectivity index (χ0n) is 39.0. The van der Waals surface area contributed by atoms with Crippen molar-refractivity contribution >= 4 is 46.6 Å². The number of nitrogens with one attached hydrogen (secondary N) is 2. The number of amides is 2. The molecule has 4 aromatic heterocycles. The van der Waals surface area contributed by atoms with Crippen molar-refractivity contribution in [1.82, 2.24) is 49.3 Å². The zero-order chi connectivity index (χ0) is 47.1. The number of nitrogens with zero attached hydrogens (tertiary/aromatic N) is 8. The highest BCUT2D eigenvalue weighted by atomic mass is 32.1. The van der Waals surface area contributed by atoms with E-state index in [0.717, 1.165) is 47.3 Å². The fraction of sp³-hybridized carbons (Fsp3) is 0.542. The molecule has 8 atom stereocenters. The molecule has 0 aliphatic carbocycles. The van der Waals surface area contributed by atoms with Crippen molar-refractivity contribution in [3.8, 4) is 0 Å². The highest BCUT2D eigenvalue weighted by molar-refractivity contribution is 7.09. The number of fused-ring (bicyclic) bond motifs is 8. The van der Waals surface area contributed by atoms with Gasteiger partial charge in [0.2, 0.25) is 11.8 Å². The molecule has 4 aliphatic rings. The number of hydrogen-bond acceptors (Lipinski definition) is 14. The Morgan fingerprint density at radius 2 is 1.11 bits per heavy atom. The topological polar surface area (TPSA) is 181 Å². The first-order valence-electron chi connectivity index (χ1n) is 23.0. The maximum atomic E-state index is 13.4. The lowest BCUT2D eigenvalue weighted by molar-refractivity contribution is -0.128. The number of rotatable bonds is 18. The maximum absolute atomic E-state index is 13.4. The van der Waals surface area contributed by atoms with Gasteiger partial charge in [-0.25, -0.2) is 9.97 Å². The number of hydrogen-bond donors (Lipinski definition) is 4. The molecular weight excluding hydrogens is 877 g/mol. The molecule has 0 saturated carbocycles. The van der Waals surface area contributed by atoms with Crippen LogP contribution in [0.4, 0.5) is 0 Å². The third-order valence-corrected chi connectivity index (χ3v) is 15.0. The zero-order valence-corrected chi connectivity index (χ0v) is 40.6. The molecule has 4 N–H and O–H groups in total. The van der Waals surface area contributed by atoms with E-state index >= 15 is 0 Å². The molecule has 2 fully saturated rings. The molecule has 0 aromatic carbocycles. The van der Waals surface area contributed by atoms with E-state index in [2.05, 4.69) is 40.2 Å². The minimum absolute atomic E-state index is 0.0433. The van der Waals surface area contributed by atoms with E-state index in [9.17, 15) is 29.4 Å². The van der Waals surface area contributed by atoms with Crippen LogP contribution < -0.4 is 21.8 Å². The number of aliphatic hydroxyl groups is 2. The number of thiazole rings is 2. The smallest absolute Gasteiger partial charge is 0.258 e. The van der Waals surface area contributed by atoms with Crippen molar-refractivity contribution in [2.75, 3.05) is 67.6 Å². The van der Waals surface area contributed by atoms with E-state index < -0.39 is 11.8 Å². The fourth-order valence-corrected chi connectivity index (χ4v) is 11.8. The average molecular weight is 943 g/mol. The van der Waals surface area contributed by atoms with E-state index in [1.165, 1.54) is 0 Å².